The highest BCUT2D eigenvalue weighted by molar-refractivity contribution is 5.84. The SMILES string of the molecule is CCOc1ccc2cc(C3(O)CCNCC3)ccc2c1. The lowest BCUT2D eigenvalue weighted by molar-refractivity contribution is 0.00606. The fourth-order valence-electron chi connectivity index (χ4n) is 2.90. The lowest BCUT2D eigenvalue weighted by Crippen LogP contribution is -2.39. The summed E-state index contributed by atoms with van der Waals surface area (Å²) in [5, 5.41) is 16.4. The Hall–Kier alpha value is -1.58. The first kappa shape index (κ1) is 13.4. The van der Waals surface area contributed by atoms with Crippen molar-refractivity contribution in [2.45, 2.75) is 25.4 Å². The summed E-state index contributed by atoms with van der Waals surface area (Å²) in [4.78, 5) is 0. The van der Waals surface area contributed by atoms with Crippen molar-refractivity contribution in [1.82, 2.24) is 5.32 Å². The van der Waals surface area contributed by atoms with E-state index in [4.69, 9.17) is 4.74 Å². The number of hydrogen-bond acceptors (Lipinski definition) is 3. The van der Waals surface area contributed by atoms with Crippen molar-refractivity contribution in [3.63, 3.8) is 0 Å². The molecule has 0 amide bonds. The Bertz CT molecular complexity index is 603. The van der Waals surface area contributed by atoms with E-state index >= 15 is 0 Å². The third-order valence-corrected chi connectivity index (χ3v) is 4.09. The molecule has 20 heavy (non-hydrogen) atoms. The summed E-state index contributed by atoms with van der Waals surface area (Å²) in [5.41, 5.74) is 0.341. The molecule has 1 fully saturated rings. The molecule has 1 saturated heterocycles. The van der Waals surface area contributed by atoms with Crippen LogP contribution in [0.5, 0.6) is 5.75 Å². The Kier molecular flexibility index (Phi) is 3.64. The van der Waals surface area contributed by atoms with Crippen molar-refractivity contribution >= 4 is 10.8 Å². The molecule has 0 aliphatic carbocycles. The van der Waals surface area contributed by atoms with Crippen LogP contribution in [-0.2, 0) is 5.60 Å². The molecule has 0 radical (unpaired) electrons. The molecule has 0 bridgehead atoms. The average Bonchev–Trinajstić information content (AvgIpc) is 2.48. The maximum atomic E-state index is 10.8. The zero-order chi connectivity index (χ0) is 14.0. The van der Waals surface area contributed by atoms with Crippen LogP contribution in [0.3, 0.4) is 0 Å². The van der Waals surface area contributed by atoms with Crippen molar-refractivity contribution < 1.29 is 9.84 Å². The summed E-state index contributed by atoms with van der Waals surface area (Å²) in [7, 11) is 0. The van der Waals surface area contributed by atoms with Gasteiger partial charge >= 0.3 is 0 Å². The van der Waals surface area contributed by atoms with Gasteiger partial charge in [0, 0.05) is 0 Å². The normalized spacial score (nSPS) is 18.1. The molecule has 0 atom stereocenters. The number of benzene rings is 2. The van der Waals surface area contributed by atoms with Crippen LogP contribution in [0.4, 0.5) is 0 Å². The van der Waals surface area contributed by atoms with Gasteiger partial charge < -0.3 is 15.2 Å². The fourth-order valence-corrected chi connectivity index (χ4v) is 2.90. The Morgan fingerprint density at radius 2 is 1.80 bits per heavy atom. The van der Waals surface area contributed by atoms with Gasteiger partial charge in [0.25, 0.3) is 0 Å². The zero-order valence-corrected chi connectivity index (χ0v) is 11.9. The van der Waals surface area contributed by atoms with Crippen molar-refractivity contribution in [2.24, 2.45) is 0 Å². The van der Waals surface area contributed by atoms with Crippen LogP contribution in [-0.4, -0.2) is 24.8 Å². The first-order chi connectivity index (χ1) is 9.71. The molecule has 2 N–H and O–H groups in total. The van der Waals surface area contributed by atoms with Crippen molar-refractivity contribution in [2.75, 3.05) is 19.7 Å². The van der Waals surface area contributed by atoms with E-state index in [-0.39, 0.29) is 0 Å². The lowest BCUT2D eigenvalue weighted by atomic mass is 9.84. The quantitative estimate of drug-likeness (QED) is 0.902. The topological polar surface area (TPSA) is 41.5 Å². The average molecular weight is 271 g/mol. The Morgan fingerprint density at radius 3 is 2.55 bits per heavy atom. The van der Waals surface area contributed by atoms with Gasteiger partial charge in [-0.1, -0.05) is 18.2 Å². The smallest absolute Gasteiger partial charge is 0.119 e. The molecule has 1 aliphatic rings. The monoisotopic (exact) mass is 271 g/mol. The van der Waals surface area contributed by atoms with Crippen molar-refractivity contribution in [3.8, 4) is 5.75 Å². The van der Waals surface area contributed by atoms with Crippen LogP contribution in [0.2, 0.25) is 0 Å². The van der Waals surface area contributed by atoms with E-state index in [9.17, 15) is 5.11 Å². The van der Waals surface area contributed by atoms with Crippen LogP contribution in [0, 0.1) is 0 Å². The van der Waals surface area contributed by atoms with Gasteiger partial charge in [0.15, 0.2) is 0 Å². The molecular weight excluding hydrogens is 250 g/mol. The van der Waals surface area contributed by atoms with E-state index in [1.54, 1.807) is 0 Å². The highest BCUT2D eigenvalue weighted by Gasteiger charge is 2.31. The van der Waals surface area contributed by atoms with Crippen LogP contribution < -0.4 is 10.1 Å². The number of ether oxygens (including phenoxy) is 1. The molecule has 2 aromatic carbocycles. The second-order valence-corrected chi connectivity index (χ2v) is 5.44. The van der Waals surface area contributed by atoms with Gasteiger partial charge in [-0.25, -0.2) is 0 Å². The summed E-state index contributed by atoms with van der Waals surface area (Å²) >= 11 is 0. The molecule has 106 valence electrons. The van der Waals surface area contributed by atoms with E-state index in [0.717, 1.165) is 48.0 Å². The standard InChI is InChI=1S/C17H21NO2/c1-2-20-16-6-4-13-11-15(5-3-14(13)12-16)17(19)7-9-18-10-8-17/h3-6,11-12,18-19H,2,7-10H2,1H3. The Labute approximate surface area is 119 Å². The number of piperidine rings is 1. The molecule has 3 heteroatoms. The predicted octanol–water partition coefficient (Wildman–Crippen LogP) is 2.81. The third kappa shape index (κ3) is 2.51. The molecule has 0 unspecified atom stereocenters. The van der Waals surface area contributed by atoms with Crippen molar-refractivity contribution in [1.29, 1.82) is 0 Å². The van der Waals surface area contributed by atoms with Crippen LogP contribution >= 0.6 is 0 Å². The number of rotatable bonds is 3. The molecular formula is C17H21NO2. The van der Waals surface area contributed by atoms with E-state index in [1.165, 1.54) is 0 Å². The molecule has 2 aromatic rings. The van der Waals surface area contributed by atoms with Crippen LogP contribution in [0.1, 0.15) is 25.3 Å². The van der Waals surface area contributed by atoms with Crippen molar-refractivity contribution in [3.05, 3.63) is 42.0 Å². The second-order valence-electron chi connectivity index (χ2n) is 5.44. The molecule has 0 spiro atoms. The van der Waals surface area contributed by atoms with E-state index in [1.807, 2.05) is 19.1 Å². The fraction of sp³-hybridized carbons (Fsp3) is 0.412. The molecule has 0 aromatic heterocycles. The summed E-state index contributed by atoms with van der Waals surface area (Å²) < 4.78 is 5.52. The summed E-state index contributed by atoms with van der Waals surface area (Å²) in [6.45, 7) is 4.41. The Balaban J connectivity index is 1.96. The minimum Gasteiger partial charge on any atom is -0.494 e. The van der Waals surface area contributed by atoms with Gasteiger partial charge in [-0.2, -0.15) is 0 Å². The largest absolute Gasteiger partial charge is 0.494 e. The minimum absolute atomic E-state index is 0.677. The maximum absolute atomic E-state index is 10.8. The number of fused-ring (bicyclic) bond motifs is 1. The molecule has 3 nitrogen and oxygen atoms in total. The first-order valence-corrected chi connectivity index (χ1v) is 7.31. The molecule has 0 saturated carbocycles. The first-order valence-electron chi connectivity index (χ1n) is 7.31. The number of aliphatic hydroxyl groups is 1. The number of nitrogens with one attached hydrogen (secondary N) is 1. The molecule has 3 rings (SSSR count). The van der Waals surface area contributed by atoms with Crippen LogP contribution in [0.25, 0.3) is 10.8 Å². The maximum Gasteiger partial charge on any atom is 0.119 e. The van der Waals surface area contributed by atoms with Gasteiger partial charge in [0.2, 0.25) is 0 Å². The summed E-state index contributed by atoms with van der Waals surface area (Å²) in [6, 6.07) is 12.3. The summed E-state index contributed by atoms with van der Waals surface area (Å²) in [6.07, 6.45) is 1.55. The van der Waals surface area contributed by atoms with Crippen LogP contribution in [0.15, 0.2) is 36.4 Å². The highest BCUT2D eigenvalue weighted by Crippen LogP contribution is 2.33. The number of hydrogen-bond donors (Lipinski definition) is 2. The molecule has 1 aliphatic heterocycles. The van der Waals surface area contributed by atoms with Gasteiger partial charge in [0.1, 0.15) is 5.75 Å². The Morgan fingerprint density at radius 1 is 1.10 bits per heavy atom. The van der Waals surface area contributed by atoms with Gasteiger partial charge in [-0.15, -0.1) is 0 Å². The molecule has 1 heterocycles. The lowest BCUT2D eigenvalue weighted by Gasteiger charge is -2.33. The van der Waals surface area contributed by atoms with E-state index in [0.29, 0.717) is 6.61 Å². The highest BCUT2D eigenvalue weighted by atomic mass is 16.5. The van der Waals surface area contributed by atoms with E-state index in [2.05, 4.69) is 29.6 Å². The third-order valence-electron chi connectivity index (χ3n) is 4.09. The second kappa shape index (κ2) is 5.43. The van der Waals surface area contributed by atoms with Gasteiger partial charge in [-0.3, -0.25) is 0 Å². The predicted molar refractivity (Wildman–Crippen MR) is 81.1 cm³/mol. The van der Waals surface area contributed by atoms with Gasteiger partial charge in [0.05, 0.1) is 12.2 Å². The van der Waals surface area contributed by atoms with E-state index < -0.39 is 5.60 Å². The van der Waals surface area contributed by atoms with Gasteiger partial charge in [-0.05, 0) is 67.4 Å². The minimum atomic E-state index is -0.683. The summed E-state index contributed by atoms with van der Waals surface area (Å²) in [5.74, 6) is 0.897. The zero-order valence-electron chi connectivity index (χ0n) is 11.9.